The van der Waals surface area contributed by atoms with Gasteiger partial charge >= 0.3 is 0 Å². The van der Waals surface area contributed by atoms with E-state index in [0.29, 0.717) is 5.89 Å². The van der Waals surface area contributed by atoms with E-state index in [4.69, 9.17) is 14.0 Å². The Bertz CT molecular complexity index is 688. The monoisotopic (exact) mass is 380 g/mol. The maximum absolute atomic E-state index is 6.00. The van der Waals surface area contributed by atoms with E-state index in [1.54, 1.807) is 0 Å². The second kappa shape index (κ2) is 8.81. The Morgan fingerprint density at radius 3 is 2.69 bits per heavy atom. The molecule has 0 bridgehead atoms. The Labute approximate surface area is 159 Å². The lowest BCUT2D eigenvalue weighted by molar-refractivity contribution is 0.0256. The van der Waals surface area contributed by atoms with Crippen molar-refractivity contribution in [3.05, 3.63) is 30.1 Å². The molecule has 0 radical (unpaired) electrons. The van der Waals surface area contributed by atoms with Crippen molar-refractivity contribution >= 4 is 12.4 Å². The van der Waals surface area contributed by atoms with Crippen LogP contribution in [-0.4, -0.2) is 61.0 Å². The van der Waals surface area contributed by atoms with Crippen molar-refractivity contribution in [3.8, 4) is 17.2 Å². The second-order valence-electron chi connectivity index (χ2n) is 6.61. The first-order valence-corrected chi connectivity index (χ1v) is 8.89. The van der Waals surface area contributed by atoms with Gasteiger partial charge in [0.1, 0.15) is 11.9 Å². The highest BCUT2D eigenvalue weighted by molar-refractivity contribution is 5.85. The van der Waals surface area contributed by atoms with Gasteiger partial charge in [0, 0.05) is 38.0 Å². The summed E-state index contributed by atoms with van der Waals surface area (Å²) in [5.74, 6) is 2.14. The van der Waals surface area contributed by atoms with Gasteiger partial charge in [0.15, 0.2) is 5.82 Å². The maximum atomic E-state index is 6.00. The minimum atomic E-state index is 0. The number of ether oxygens (including phenoxy) is 2. The molecule has 1 atom stereocenters. The van der Waals surface area contributed by atoms with Crippen molar-refractivity contribution in [1.29, 1.82) is 0 Å². The summed E-state index contributed by atoms with van der Waals surface area (Å²) < 4.78 is 16.8. The molecule has 1 aromatic heterocycles. The molecule has 8 heteroatoms. The van der Waals surface area contributed by atoms with Gasteiger partial charge in [0.2, 0.25) is 0 Å². The van der Waals surface area contributed by atoms with Crippen LogP contribution in [0.5, 0.6) is 5.75 Å². The largest absolute Gasteiger partial charge is 0.490 e. The van der Waals surface area contributed by atoms with Crippen molar-refractivity contribution in [3.63, 3.8) is 0 Å². The van der Waals surface area contributed by atoms with Crippen LogP contribution in [0, 0.1) is 0 Å². The Kier molecular flexibility index (Phi) is 6.48. The Balaban J connectivity index is 0.00000196. The average Bonchev–Trinajstić information content (AvgIpc) is 3.13. The summed E-state index contributed by atoms with van der Waals surface area (Å²) in [6.07, 6.45) is 2.12. The molecule has 26 heavy (non-hydrogen) atoms. The molecule has 2 aliphatic heterocycles. The minimum Gasteiger partial charge on any atom is -0.490 e. The number of halogens is 1. The standard InChI is InChI=1S/C18H24N4O3.ClH/c1-22-9-8-19-12-16(22)17-20-18(25-21-17)13-2-4-14(5-3-13)24-15-6-10-23-11-7-15;/h2-5,15-16,19H,6-12H2,1H3;1H. The lowest BCUT2D eigenvalue weighted by Gasteiger charge is -2.30. The Morgan fingerprint density at radius 2 is 1.96 bits per heavy atom. The minimum absolute atomic E-state index is 0. The molecule has 0 spiro atoms. The quantitative estimate of drug-likeness (QED) is 0.872. The molecule has 1 unspecified atom stereocenters. The molecule has 7 nitrogen and oxygen atoms in total. The zero-order valence-electron chi connectivity index (χ0n) is 14.9. The van der Waals surface area contributed by atoms with E-state index < -0.39 is 0 Å². The number of rotatable bonds is 4. The first-order chi connectivity index (χ1) is 12.3. The first kappa shape index (κ1) is 19.1. The summed E-state index contributed by atoms with van der Waals surface area (Å²) in [4.78, 5) is 6.83. The second-order valence-corrected chi connectivity index (χ2v) is 6.61. The molecule has 1 aromatic carbocycles. The van der Waals surface area contributed by atoms with E-state index in [0.717, 1.165) is 62.8 Å². The molecule has 3 heterocycles. The van der Waals surface area contributed by atoms with Crippen molar-refractivity contribution < 1.29 is 14.0 Å². The third-order valence-corrected chi connectivity index (χ3v) is 4.82. The highest BCUT2D eigenvalue weighted by atomic mass is 35.5. The number of nitrogens with zero attached hydrogens (tertiary/aromatic N) is 3. The molecule has 2 aromatic rings. The number of likely N-dealkylation sites (N-methyl/N-ethyl adjacent to an activating group) is 1. The van der Waals surface area contributed by atoms with E-state index in [1.807, 2.05) is 24.3 Å². The third-order valence-electron chi connectivity index (χ3n) is 4.82. The maximum Gasteiger partial charge on any atom is 0.257 e. The van der Waals surface area contributed by atoms with Gasteiger partial charge in [-0.3, -0.25) is 4.90 Å². The van der Waals surface area contributed by atoms with Crippen molar-refractivity contribution in [2.75, 3.05) is 39.9 Å². The molecule has 1 N–H and O–H groups in total. The number of hydrogen-bond donors (Lipinski definition) is 1. The van der Waals surface area contributed by atoms with Crippen LogP contribution in [0.4, 0.5) is 0 Å². The Morgan fingerprint density at radius 1 is 1.19 bits per heavy atom. The van der Waals surface area contributed by atoms with Crippen LogP contribution in [0.25, 0.3) is 11.5 Å². The van der Waals surface area contributed by atoms with Gasteiger partial charge in [-0.1, -0.05) is 5.16 Å². The van der Waals surface area contributed by atoms with Gasteiger partial charge in [-0.2, -0.15) is 4.98 Å². The van der Waals surface area contributed by atoms with E-state index >= 15 is 0 Å². The van der Waals surface area contributed by atoms with Crippen LogP contribution in [0.1, 0.15) is 24.7 Å². The van der Waals surface area contributed by atoms with Gasteiger partial charge in [-0.15, -0.1) is 12.4 Å². The fourth-order valence-corrected chi connectivity index (χ4v) is 3.24. The summed E-state index contributed by atoms with van der Waals surface area (Å²) >= 11 is 0. The summed E-state index contributed by atoms with van der Waals surface area (Å²) in [6, 6.07) is 8.01. The SMILES string of the molecule is CN1CCNCC1c1noc(-c2ccc(OC3CCOCC3)cc2)n1.Cl. The van der Waals surface area contributed by atoms with Gasteiger partial charge in [0.05, 0.1) is 19.3 Å². The number of hydrogen-bond acceptors (Lipinski definition) is 7. The lowest BCUT2D eigenvalue weighted by atomic mass is 10.1. The molecule has 142 valence electrons. The average molecular weight is 381 g/mol. The van der Waals surface area contributed by atoms with E-state index in [-0.39, 0.29) is 24.6 Å². The van der Waals surface area contributed by atoms with Crippen molar-refractivity contribution in [2.24, 2.45) is 0 Å². The summed E-state index contributed by atoms with van der Waals surface area (Å²) in [5.41, 5.74) is 0.907. The predicted octanol–water partition coefficient (Wildman–Crippen LogP) is 2.29. The van der Waals surface area contributed by atoms with Crippen molar-refractivity contribution in [1.82, 2.24) is 20.4 Å². The van der Waals surface area contributed by atoms with E-state index in [9.17, 15) is 0 Å². The molecule has 0 aliphatic carbocycles. The molecule has 2 aliphatic rings. The topological polar surface area (TPSA) is 72.7 Å². The van der Waals surface area contributed by atoms with Crippen LogP contribution in [-0.2, 0) is 4.74 Å². The number of benzene rings is 1. The fraction of sp³-hybridized carbons (Fsp3) is 0.556. The summed E-state index contributed by atoms with van der Waals surface area (Å²) in [7, 11) is 2.09. The smallest absolute Gasteiger partial charge is 0.257 e. The summed E-state index contributed by atoms with van der Waals surface area (Å²) in [6.45, 7) is 4.36. The molecule has 0 saturated carbocycles. The zero-order chi connectivity index (χ0) is 17.1. The van der Waals surface area contributed by atoms with Crippen LogP contribution < -0.4 is 10.1 Å². The van der Waals surface area contributed by atoms with Gasteiger partial charge < -0.3 is 19.3 Å². The molecule has 2 fully saturated rings. The molecular weight excluding hydrogens is 356 g/mol. The van der Waals surface area contributed by atoms with Crippen LogP contribution in [0.2, 0.25) is 0 Å². The third kappa shape index (κ3) is 4.35. The van der Waals surface area contributed by atoms with Crippen LogP contribution in [0.15, 0.2) is 28.8 Å². The fourth-order valence-electron chi connectivity index (χ4n) is 3.24. The molecule has 2 saturated heterocycles. The van der Waals surface area contributed by atoms with E-state index in [2.05, 4.69) is 27.4 Å². The number of nitrogens with one attached hydrogen (secondary N) is 1. The van der Waals surface area contributed by atoms with Crippen LogP contribution in [0.3, 0.4) is 0 Å². The van der Waals surface area contributed by atoms with Crippen LogP contribution >= 0.6 is 12.4 Å². The van der Waals surface area contributed by atoms with Crippen molar-refractivity contribution in [2.45, 2.75) is 25.0 Å². The number of aromatic nitrogens is 2. The Hall–Kier alpha value is -1.67. The first-order valence-electron chi connectivity index (χ1n) is 8.89. The highest BCUT2D eigenvalue weighted by Crippen LogP contribution is 2.25. The molecule has 0 amide bonds. The van der Waals surface area contributed by atoms with Gasteiger partial charge in [-0.05, 0) is 31.3 Å². The summed E-state index contributed by atoms with van der Waals surface area (Å²) in [5, 5.41) is 7.54. The number of piperazine rings is 1. The van der Waals surface area contributed by atoms with Gasteiger partial charge in [0.25, 0.3) is 5.89 Å². The van der Waals surface area contributed by atoms with E-state index in [1.165, 1.54) is 0 Å². The molecular formula is C18H25ClN4O3. The highest BCUT2D eigenvalue weighted by Gasteiger charge is 2.25. The molecule has 4 rings (SSSR count). The zero-order valence-corrected chi connectivity index (χ0v) is 15.7. The predicted molar refractivity (Wildman–Crippen MR) is 99.7 cm³/mol. The van der Waals surface area contributed by atoms with Gasteiger partial charge in [-0.25, -0.2) is 0 Å². The lowest BCUT2D eigenvalue weighted by Crippen LogP contribution is -2.44. The normalized spacial score (nSPS) is 22.0.